The normalized spacial score (nSPS) is 21.9. The number of imidazole rings is 1. The molecule has 6 nitrogen and oxygen atoms in total. The molecule has 3 fully saturated rings. The quantitative estimate of drug-likeness (QED) is 0.584. The Kier molecular flexibility index (Phi) is 5.74. The van der Waals surface area contributed by atoms with Crippen molar-refractivity contribution in [1.29, 1.82) is 0 Å². The Bertz CT molecular complexity index is 1200. The first kappa shape index (κ1) is 21.9. The number of benzene rings is 2. The molecule has 178 valence electrons. The summed E-state index contributed by atoms with van der Waals surface area (Å²) < 4.78 is 2.29. The standard InChI is InChI=1S/C27H32ClN5O/c1-18(22-8-6-20(28)15-23(22)19-4-5-19)33-17-30-24-9-7-21(16-26(24)33)31-11-13-32(14-12-31)27(34)25-3-2-10-29-25/h6-9,15-19,25,29H,2-5,10-14H2,1H3/t18-,25-/m1/s1. The Morgan fingerprint density at radius 2 is 1.91 bits per heavy atom. The lowest BCUT2D eigenvalue weighted by atomic mass is 9.97. The van der Waals surface area contributed by atoms with Crippen LogP contribution < -0.4 is 10.2 Å². The number of fused-ring (bicyclic) bond motifs is 1. The molecule has 3 aliphatic rings. The van der Waals surface area contributed by atoms with E-state index in [-0.39, 0.29) is 18.0 Å². The van der Waals surface area contributed by atoms with Gasteiger partial charge in [0.15, 0.2) is 0 Å². The number of rotatable bonds is 5. The molecule has 2 atom stereocenters. The van der Waals surface area contributed by atoms with E-state index in [0.29, 0.717) is 5.92 Å². The van der Waals surface area contributed by atoms with E-state index in [1.807, 2.05) is 17.3 Å². The average Bonchev–Trinajstić information content (AvgIpc) is 3.39. The second-order valence-electron chi connectivity index (χ2n) is 10.0. The van der Waals surface area contributed by atoms with Crippen LogP contribution in [0.5, 0.6) is 0 Å². The number of piperazine rings is 1. The Balaban J connectivity index is 1.22. The summed E-state index contributed by atoms with van der Waals surface area (Å²) in [6, 6.07) is 13.1. The first-order chi connectivity index (χ1) is 16.6. The number of anilines is 1. The van der Waals surface area contributed by atoms with Gasteiger partial charge >= 0.3 is 0 Å². The van der Waals surface area contributed by atoms with E-state index in [0.717, 1.165) is 61.6 Å². The molecule has 1 aliphatic carbocycles. The minimum atomic E-state index is 0.0205. The average molecular weight is 478 g/mol. The van der Waals surface area contributed by atoms with E-state index >= 15 is 0 Å². The predicted molar refractivity (Wildman–Crippen MR) is 137 cm³/mol. The van der Waals surface area contributed by atoms with Gasteiger partial charge in [-0.1, -0.05) is 17.7 Å². The van der Waals surface area contributed by atoms with Gasteiger partial charge in [-0.3, -0.25) is 4.79 Å². The molecule has 3 heterocycles. The summed E-state index contributed by atoms with van der Waals surface area (Å²) in [5.74, 6) is 0.911. The molecule has 0 spiro atoms. The van der Waals surface area contributed by atoms with Gasteiger partial charge in [-0.15, -0.1) is 0 Å². The monoisotopic (exact) mass is 477 g/mol. The van der Waals surface area contributed by atoms with Crippen LogP contribution in [0.3, 0.4) is 0 Å². The zero-order valence-corrected chi connectivity index (χ0v) is 20.5. The van der Waals surface area contributed by atoms with Crippen LogP contribution in [-0.4, -0.2) is 59.1 Å². The lowest BCUT2D eigenvalue weighted by Gasteiger charge is -2.37. The molecule has 0 unspecified atom stereocenters. The fourth-order valence-corrected chi connectivity index (χ4v) is 5.82. The third-order valence-corrected chi connectivity index (χ3v) is 8.04. The second-order valence-corrected chi connectivity index (χ2v) is 10.4. The van der Waals surface area contributed by atoms with Crippen LogP contribution in [0.1, 0.15) is 55.7 Å². The van der Waals surface area contributed by atoms with Crippen LogP contribution in [0.25, 0.3) is 11.0 Å². The number of nitrogens with one attached hydrogen (secondary N) is 1. The molecule has 2 aliphatic heterocycles. The van der Waals surface area contributed by atoms with Gasteiger partial charge < -0.3 is 19.7 Å². The molecule has 7 heteroatoms. The lowest BCUT2D eigenvalue weighted by molar-refractivity contribution is -0.133. The molecular weight excluding hydrogens is 446 g/mol. The number of aromatic nitrogens is 2. The Morgan fingerprint density at radius 1 is 1.09 bits per heavy atom. The smallest absolute Gasteiger partial charge is 0.239 e. The van der Waals surface area contributed by atoms with Gasteiger partial charge in [-0.2, -0.15) is 0 Å². The minimum Gasteiger partial charge on any atom is -0.368 e. The van der Waals surface area contributed by atoms with Crippen molar-refractivity contribution in [1.82, 2.24) is 19.8 Å². The van der Waals surface area contributed by atoms with Crippen molar-refractivity contribution in [2.45, 2.75) is 50.6 Å². The highest BCUT2D eigenvalue weighted by atomic mass is 35.5. The summed E-state index contributed by atoms with van der Waals surface area (Å²) >= 11 is 6.33. The summed E-state index contributed by atoms with van der Waals surface area (Å²) in [5.41, 5.74) is 6.08. The molecular formula is C27H32ClN5O. The number of carbonyl (C=O) groups excluding carboxylic acids is 1. The van der Waals surface area contributed by atoms with E-state index in [2.05, 4.69) is 52.0 Å². The van der Waals surface area contributed by atoms with Crippen molar-refractivity contribution >= 4 is 34.2 Å². The van der Waals surface area contributed by atoms with E-state index in [9.17, 15) is 4.79 Å². The number of hydrogen-bond acceptors (Lipinski definition) is 4. The molecule has 1 saturated carbocycles. The van der Waals surface area contributed by atoms with E-state index in [1.54, 1.807) is 0 Å². The third kappa shape index (κ3) is 4.07. The van der Waals surface area contributed by atoms with Crippen molar-refractivity contribution in [3.05, 3.63) is 58.9 Å². The van der Waals surface area contributed by atoms with Crippen LogP contribution in [0, 0.1) is 0 Å². The summed E-state index contributed by atoms with van der Waals surface area (Å²) in [7, 11) is 0. The summed E-state index contributed by atoms with van der Waals surface area (Å²) in [6.45, 7) is 6.48. The van der Waals surface area contributed by atoms with Gasteiger partial charge in [-0.25, -0.2) is 4.98 Å². The van der Waals surface area contributed by atoms with Crippen LogP contribution in [0.2, 0.25) is 5.02 Å². The van der Waals surface area contributed by atoms with Gasteiger partial charge in [-0.05, 0) is 86.5 Å². The van der Waals surface area contributed by atoms with Crippen LogP contribution >= 0.6 is 11.6 Å². The van der Waals surface area contributed by atoms with E-state index < -0.39 is 0 Å². The van der Waals surface area contributed by atoms with Crippen molar-refractivity contribution in [3.63, 3.8) is 0 Å². The number of hydrogen-bond donors (Lipinski definition) is 1. The maximum absolute atomic E-state index is 12.8. The Morgan fingerprint density at radius 3 is 2.65 bits per heavy atom. The topological polar surface area (TPSA) is 53.4 Å². The largest absolute Gasteiger partial charge is 0.368 e. The molecule has 2 aromatic carbocycles. The van der Waals surface area contributed by atoms with Gasteiger partial charge in [0.1, 0.15) is 0 Å². The maximum atomic E-state index is 12.8. The number of nitrogens with zero attached hydrogens (tertiary/aromatic N) is 4. The second kappa shape index (κ2) is 8.90. The SMILES string of the molecule is C[C@H](c1ccc(Cl)cc1C1CC1)n1cnc2ccc(N3CCN(C(=O)[C@H]4CCCN4)CC3)cc21. The molecule has 34 heavy (non-hydrogen) atoms. The molecule has 1 amide bonds. The van der Waals surface area contributed by atoms with Crippen LogP contribution in [0.15, 0.2) is 42.7 Å². The number of carbonyl (C=O) groups is 1. The highest BCUT2D eigenvalue weighted by Crippen LogP contribution is 2.44. The lowest BCUT2D eigenvalue weighted by Crippen LogP contribution is -2.53. The Hall–Kier alpha value is -2.57. The van der Waals surface area contributed by atoms with Gasteiger partial charge in [0.25, 0.3) is 0 Å². The predicted octanol–water partition coefficient (Wildman–Crippen LogP) is 4.58. The zero-order chi connectivity index (χ0) is 23.2. The van der Waals surface area contributed by atoms with Crippen molar-refractivity contribution < 1.29 is 4.79 Å². The van der Waals surface area contributed by atoms with Crippen LogP contribution in [-0.2, 0) is 4.79 Å². The first-order valence-electron chi connectivity index (χ1n) is 12.6. The van der Waals surface area contributed by atoms with Gasteiger partial charge in [0, 0.05) is 36.9 Å². The molecule has 0 radical (unpaired) electrons. The fourth-order valence-electron chi connectivity index (χ4n) is 5.64. The summed E-state index contributed by atoms with van der Waals surface area (Å²) in [6.07, 6.45) is 6.53. The summed E-state index contributed by atoms with van der Waals surface area (Å²) in [5, 5.41) is 4.16. The molecule has 3 aromatic rings. The summed E-state index contributed by atoms with van der Waals surface area (Å²) in [4.78, 5) is 21.9. The zero-order valence-electron chi connectivity index (χ0n) is 19.7. The molecule has 6 rings (SSSR count). The first-order valence-corrected chi connectivity index (χ1v) is 13.0. The number of halogens is 1. The fraction of sp³-hybridized carbons (Fsp3) is 0.481. The third-order valence-electron chi connectivity index (χ3n) is 7.81. The molecule has 2 saturated heterocycles. The van der Waals surface area contributed by atoms with Gasteiger partial charge in [0.2, 0.25) is 5.91 Å². The minimum absolute atomic E-state index is 0.0205. The molecule has 1 aromatic heterocycles. The highest BCUT2D eigenvalue weighted by Gasteiger charge is 2.30. The van der Waals surface area contributed by atoms with Crippen molar-refractivity contribution in [2.75, 3.05) is 37.6 Å². The van der Waals surface area contributed by atoms with Crippen molar-refractivity contribution in [3.8, 4) is 0 Å². The van der Waals surface area contributed by atoms with E-state index in [1.165, 1.54) is 29.7 Å². The maximum Gasteiger partial charge on any atom is 0.239 e. The van der Waals surface area contributed by atoms with Crippen LogP contribution in [0.4, 0.5) is 5.69 Å². The molecule has 1 N–H and O–H groups in total. The van der Waals surface area contributed by atoms with Crippen molar-refractivity contribution in [2.24, 2.45) is 0 Å². The van der Waals surface area contributed by atoms with Gasteiger partial charge in [0.05, 0.1) is 29.4 Å². The Labute approximate surface area is 205 Å². The van der Waals surface area contributed by atoms with E-state index in [4.69, 9.17) is 16.6 Å². The molecule has 0 bridgehead atoms. The number of amides is 1. The highest BCUT2D eigenvalue weighted by molar-refractivity contribution is 6.30.